The Kier molecular flexibility index (Phi) is 19.4. The Morgan fingerprint density at radius 1 is 0.889 bits per heavy atom. The Labute approximate surface area is 185 Å². The van der Waals surface area contributed by atoms with Gasteiger partial charge >= 0.3 is 0 Å². The van der Waals surface area contributed by atoms with Gasteiger partial charge in [-0.25, -0.2) is 0 Å². The molecule has 0 fully saturated rings. The van der Waals surface area contributed by atoms with Crippen LogP contribution >= 0.6 is 7.05 Å². The molecular weight excluding hydrogens is 381 g/mol. The summed E-state index contributed by atoms with van der Waals surface area (Å²) in [6, 6.07) is 0. The number of hydrogen-bond donors (Lipinski definition) is 0. The van der Waals surface area contributed by atoms with E-state index in [0.717, 1.165) is 19.3 Å². The monoisotopic (exact) mass is 425 g/mol. The van der Waals surface area contributed by atoms with E-state index in [2.05, 4.69) is 78.8 Å². The molecule has 0 aromatic rings. The van der Waals surface area contributed by atoms with Crippen molar-refractivity contribution in [3.63, 3.8) is 0 Å². The minimum absolute atomic E-state index is 0. The van der Waals surface area contributed by atoms with E-state index in [9.17, 15) is 0 Å². The number of hydrogen-bond acceptors (Lipinski definition) is 1. The van der Waals surface area contributed by atoms with Crippen LogP contribution in [0.2, 0.25) is 0 Å². The molecule has 27 heavy (non-hydrogen) atoms. The molecule has 0 saturated heterocycles. The van der Waals surface area contributed by atoms with Crippen molar-refractivity contribution in [3.05, 3.63) is 47.2 Å². The van der Waals surface area contributed by atoms with E-state index in [1.54, 1.807) is 0 Å². The van der Waals surface area contributed by atoms with Crippen molar-refractivity contribution < 1.29 is 21.7 Å². The fourth-order valence-electron chi connectivity index (χ4n) is 3.45. The van der Waals surface area contributed by atoms with E-state index >= 15 is 0 Å². The number of nitrogens with zero attached hydrogens (tertiary/aromatic N) is 1. The Bertz CT molecular complexity index is 511. The first kappa shape index (κ1) is 29.1. The topological polar surface area (TPSA) is 12.4 Å². The van der Waals surface area contributed by atoms with Crippen LogP contribution in [0.25, 0.3) is 0 Å². The Hall–Kier alpha value is -0.0957. The van der Waals surface area contributed by atoms with Gasteiger partial charge in [0.1, 0.15) is 0 Å². The largest absolute Gasteiger partial charge is 0.272 e. The average molecular weight is 425 g/mol. The molecule has 0 aliphatic heterocycles. The van der Waals surface area contributed by atoms with Crippen molar-refractivity contribution in [2.45, 2.75) is 87.0 Å². The second-order valence-corrected chi connectivity index (χ2v) is 11.0. The van der Waals surface area contributed by atoms with Crippen molar-refractivity contribution in [2.24, 2.45) is 4.74 Å². The second kappa shape index (κ2) is 18.0. The molecule has 0 amide bonds. The van der Waals surface area contributed by atoms with Crippen LogP contribution < -0.4 is 0 Å². The molecule has 0 spiro atoms. The molecule has 1 rings (SSSR count). The molecule has 0 N–H and O–H groups in total. The quantitative estimate of drug-likeness (QED) is 0.188. The van der Waals surface area contributed by atoms with Gasteiger partial charge in [-0.3, -0.25) is 4.74 Å². The van der Waals surface area contributed by atoms with Crippen LogP contribution in [-0.2, 0) is 21.7 Å². The maximum Gasteiger partial charge on any atom is 0.0425 e. The minimum atomic E-state index is -1.03. The van der Waals surface area contributed by atoms with E-state index in [0.29, 0.717) is 0 Å². The third-order valence-corrected chi connectivity index (χ3v) is 9.17. The zero-order valence-corrected chi connectivity index (χ0v) is 21.6. The third kappa shape index (κ3) is 12.9. The van der Waals surface area contributed by atoms with E-state index in [4.69, 9.17) is 4.74 Å². The van der Waals surface area contributed by atoms with Crippen molar-refractivity contribution in [1.82, 2.24) is 0 Å². The van der Waals surface area contributed by atoms with Crippen molar-refractivity contribution in [3.8, 4) is 0 Å². The Morgan fingerprint density at radius 3 is 1.63 bits per heavy atom. The van der Waals surface area contributed by atoms with E-state index in [-0.39, 0.29) is 21.7 Å². The van der Waals surface area contributed by atoms with E-state index in [1.807, 2.05) is 0 Å². The first-order chi connectivity index (χ1) is 12.5. The predicted octanol–water partition coefficient (Wildman–Crippen LogP) is 8.96. The van der Waals surface area contributed by atoms with Gasteiger partial charge in [0.2, 0.25) is 0 Å². The molecule has 0 atom stereocenters. The molecule has 0 bridgehead atoms. The maximum atomic E-state index is 5.19. The van der Waals surface area contributed by atoms with Crippen LogP contribution in [0.5, 0.6) is 0 Å². The Balaban J connectivity index is 0. The van der Waals surface area contributed by atoms with Crippen LogP contribution in [0.4, 0.5) is 0 Å². The molecule has 154 valence electrons. The second-order valence-electron chi connectivity index (χ2n) is 7.25. The fourth-order valence-corrected chi connectivity index (χ4v) is 7.61. The van der Waals surface area contributed by atoms with E-state index in [1.165, 1.54) is 54.6 Å². The first-order valence-electron chi connectivity index (χ1n) is 10.8. The zero-order valence-electron chi connectivity index (χ0n) is 19.1. The zero-order chi connectivity index (χ0) is 19.8. The molecular formula is C24H44NPTi. The van der Waals surface area contributed by atoms with Crippen LogP contribution in [0, 0.1) is 0 Å². The van der Waals surface area contributed by atoms with Gasteiger partial charge in [-0.1, -0.05) is 89.3 Å². The van der Waals surface area contributed by atoms with Crippen molar-refractivity contribution >= 4 is 7.05 Å². The van der Waals surface area contributed by atoms with Gasteiger partial charge in [-0.15, -0.1) is 0 Å². The summed E-state index contributed by atoms with van der Waals surface area (Å²) in [5.74, 6) is 0. The van der Waals surface area contributed by atoms with Crippen LogP contribution in [0.15, 0.2) is 52.0 Å². The van der Waals surface area contributed by atoms with Gasteiger partial charge in [0, 0.05) is 33.8 Å². The third-order valence-electron chi connectivity index (χ3n) is 4.65. The predicted molar refractivity (Wildman–Crippen MR) is 125 cm³/mol. The molecule has 0 aromatic heterocycles. The van der Waals surface area contributed by atoms with E-state index < -0.39 is 7.05 Å². The van der Waals surface area contributed by atoms with Gasteiger partial charge < -0.3 is 0 Å². The van der Waals surface area contributed by atoms with Crippen LogP contribution in [0.1, 0.15) is 87.0 Å². The minimum Gasteiger partial charge on any atom is -0.272 e. The number of allylic oxidation sites excluding steroid dienone is 7. The molecule has 0 aromatic carbocycles. The van der Waals surface area contributed by atoms with Gasteiger partial charge in [0.25, 0.3) is 0 Å². The first-order valence-corrected chi connectivity index (χ1v) is 13.1. The summed E-state index contributed by atoms with van der Waals surface area (Å²) < 4.78 is 5.19. The summed E-state index contributed by atoms with van der Waals surface area (Å²) in [4.78, 5) is 0. The van der Waals surface area contributed by atoms with Gasteiger partial charge in [0.15, 0.2) is 0 Å². The molecule has 0 heterocycles. The SMILES string of the molecule is CCC=C(C)C(C)=CCC.CCCP(CCC)(CCC)=NC1=CC=CC1.[Ti]. The van der Waals surface area contributed by atoms with Crippen LogP contribution in [-0.4, -0.2) is 18.5 Å². The summed E-state index contributed by atoms with van der Waals surface area (Å²) in [6.07, 6.45) is 22.4. The van der Waals surface area contributed by atoms with Gasteiger partial charge in [-0.2, -0.15) is 0 Å². The summed E-state index contributed by atoms with van der Waals surface area (Å²) in [7, 11) is -1.03. The summed E-state index contributed by atoms with van der Waals surface area (Å²) in [5, 5.41) is 0. The summed E-state index contributed by atoms with van der Waals surface area (Å²) in [6.45, 7) is 15.6. The maximum absolute atomic E-state index is 5.19. The molecule has 1 nitrogen and oxygen atoms in total. The summed E-state index contributed by atoms with van der Waals surface area (Å²) >= 11 is 0. The molecule has 3 heteroatoms. The fraction of sp³-hybridized carbons (Fsp3) is 0.667. The molecule has 0 saturated carbocycles. The van der Waals surface area contributed by atoms with Crippen molar-refractivity contribution in [2.75, 3.05) is 18.5 Å². The van der Waals surface area contributed by atoms with Gasteiger partial charge in [-0.05, 0) is 58.3 Å². The molecule has 1 aliphatic carbocycles. The standard InChI is InChI=1S/C14H26NP.C10H18.Ti/c1-4-11-16(12-5-2,13-6-3)15-14-9-7-8-10-14;1-5-7-9(3)10(4)8-6-2;/h7-9H,4-6,10-13H2,1-3H3;7-8H,5-6H2,1-4H3;. The molecule has 0 radical (unpaired) electrons. The Morgan fingerprint density at radius 2 is 1.33 bits per heavy atom. The average Bonchev–Trinajstić information content (AvgIpc) is 3.09. The normalized spacial score (nSPS) is 14.3. The molecule has 0 unspecified atom stereocenters. The van der Waals surface area contributed by atoms with Gasteiger partial charge in [0.05, 0.1) is 0 Å². The number of rotatable bonds is 10. The molecule has 1 aliphatic rings. The van der Waals surface area contributed by atoms with Crippen molar-refractivity contribution in [1.29, 1.82) is 0 Å². The summed E-state index contributed by atoms with van der Waals surface area (Å²) in [5.41, 5.74) is 4.18. The smallest absolute Gasteiger partial charge is 0.0425 e. The van der Waals surface area contributed by atoms with Crippen LogP contribution in [0.3, 0.4) is 0 Å².